The van der Waals surface area contributed by atoms with Crippen molar-refractivity contribution in [2.45, 2.75) is 25.4 Å². The number of hydrazine groups is 1. The number of ether oxygens (including phenoxy) is 1. The number of benzene rings is 2. The van der Waals surface area contributed by atoms with Gasteiger partial charge in [-0.1, -0.05) is 30.3 Å². The van der Waals surface area contributed by atoms with Gasteiger partial charge < -0.3 is 4.74 Å². The molecule has 0 spiro atoms. The van der Waals surface area contributed by atoms with Crippen molar-refractivity contribution < 1.29 is 4.74 Å². The maximum absolute atomic E-state index is 5.83. The topological polar surface area (TPSA) is 41.7 Å². The summed E-state index contributed by atoms with van der Waals surface area (Å²) in [6.45, 7) is 2.93. The van der Waals surface area contributed by atoms with Crippen LogP contribution in [-0.4, -0.2) is 36.1 Å². The van der Waals surface area contributed by atoms with E-state index < -0.39 is 0 Å². The van der Waals surface area contributed by atoms with E-state index in [1.54, 1.807) is 0 Å². The van der Waals surface area contributed by atoms with Crippen molar-refractivity contribution in [2.24, 2.45) is 5.84 Å². The highest BCUT2D eigenvalue weighted by molar-refractivity contribution is 5.32. The molecule has 3 rings (SSSR count). The molecule has 0 amide bonds. The summed E-state index contributed by atoms with van der Waals surface area (Å²) in [5.41, 5.74) is 1.31. The first kappa shape index (κ1) is 16.0. The molecule has 23 heavy (non-hydrogen) atoms. The summed E-state index contributed by atoms with van der Waals surface area (Å²) in [4.78, 5) is 2.43. The van der Waals surface area contributed by atoms with Crippen LogP contribution in [0.4, 0.5) is 0 Å². The van der Waals surface area contributed by atoms with Gasteiger partial charge in [-0.2, -0.15) is 0 Å². The smallest absolute Gasteiger partial charge is 0.127 e. The highest BCUT2D eigenvalue weighted by atomic mass is 16.5. The normalized spacial score (nSPS) is 16.7. The zero-order chi connectivity index (χ0) is 16.1. The second-order valence-corrected chi connectivity index (χ2v) is 6.24. The van der Waals surface area contributed by atoms with Crippen LogP contribution in [0, 0.1) is 0 Å². The van der Waals surface area contributed by atoms with Gasteiger partial charge in [-0.25, -0.2) is 5.01 Å². The van der Waals surface area contributed by atoms with Crippen molar-refractivity contribution in [2.75, 3.05) is 20.1 Å². The number of piperidine rings is 1. The van der Waals surface area contributed by atoms with Crippen LogP contribution in [0.3, 0.4) is 0 Å². The van der Waals surface area contributed by atoms with E-state index in [0.29, 0.717) is 6.04 Å². The van der Waals surface area contributed by atoms with Gasteiger partial charge in [-0.3, -0.25) is 10.7 Å². The molecule has 1 aliphatic rings. The second kappa shape index (κ2) is 7.59. The summed E-state index contributed by atoms with van der Waals surface area (Å²) < 4.78 is 5.83. The van der Waals surface area contributed by atoms with Crippen LogP contribution in [0.5, 0.6) is 11.5 Å². The molecule has 122 valence electrons. The minimum atomic E-state index is 0.620. The van der Waals surface area contributed by atoms with Crippen LogP contribution in [0.15, 0.2) is 54.6 Å². The van der Waals surface area contributed by atoms with Crippen molar-refractivity contribution in [1.29, 1.82) is 0 Å². The molecule has 0 radical (unpaired) electrons. The van der Waals surface area contributed by atoms with Crippen LogP contribution >= 0.6 is 0 Å². The first-order valence-corrected chi connectivity index (χ1v) is 8.22. The molecule has 0 aromatic heterocycles. The number of para-hydroxylation sites is 1. The Morgan fingerprint density at radius 1 is 1.00 bits per heavy atom. The summed E-state index contributed by atoms with van der Waals surface area (Å²) in [7, 11) is 2.20. The highest BCUT2D eigenvalue weighted by Crippen LogP contribution is 2.22. The van der Waals surface area contributed by atoms with E-state index in [0.717, 1.165) is 44.0 Å². The third-order valence-electron chi connectivity index (χ3n) is 4.46. The number of hydrogen-bond donors (Lipinski definition) is 1. The lowest BCUT2D eigenvalue weighted by Gasteiger charge is -2.34. The minimum Gasteiger partial charge on any atom is -0.457 e. The predicted molar refractivity (Wildman–Crippen MR) is 93.2 cm³/mol. The van der Waals surface area contributed by atoms with E-state index in [4.69, 9.17) is 10.6 Å². The monoisotopic (exact) mass is 311 g/mol. The molecule has 4 nitrogen and oxygen atoms in total. The molecule has 0 aliphatic carbocycles. The van der Waals surface area contributed by atoms with Gasteiger partial charge in [0.1, 0.15) is 11.5 Å². The van der Waals surface area contributed by atoms with Gasteiger partial charge in [0.15, 0.2) is 0 Å². The lowest BCUT2D eigenvalue weighted by molar-refractivity contribution is 0.124. The van der Waals surface area contributed by atoms with Crippen molar-refractivity contribution in [3.8, 4) is 11.5 Å². The van der Waals surface area contributed by atoms with E-state index >= 15 is 0 Å². The molecule has 0 bridgehead atoms. The lowest BCUT2D eigenvalue weighted by atomic mass is 10.0. The zero-order valence-electron chi connectivity index (χ0n) is 13.7. The average Bonchev–Trinajstić information content (AvgIpc) is 2.58. The Labute approximate surface area is 138 Å². The van der Waals surface area contributed by atoms with E-state index in [1.165, 1.54) is 5.56 Å². The molecule has 1 saturated heterocycles. The fraction of sp³-hybridized carbons (Fsp3) is 0.368. The van der Waals surface area contributed by atoms with Gasteiger partial charge >= 0.3 is 0 Å². The van der Waals surface area contributed by atoms with Crippen LogP contribution in [-0.2, 0) is 6.54 Å². The zero-order valence-corrected chi connectivity index (χ0v) is 13.7. The Kier molecular flexibility index (Phi) is 5.28. The lowest BCUT2D eigenvalue weighted by Crippen LogP contribution is -2.45. The first-order chi connectivity index (χ1) is 11.2. The van der Waals surface area contributed by atoms with Crippen molar-refractivity contribution in [3.63, 3.8) is 0 Å². The summed E-state index contributed by atoms with van der Waals surface area (Å²) in [5.74, 6) is 7.57. The van der Waals surface area contributed by atoms with E-state index in [-0.39, 0.29) is 0 Å². The van der Waals surface area contributed by atoms with Gasteiger partial charge in [0.25, 0.3) is 0 Å². The van der Waals surface area contributed by atoms with Crippen molar-refractivity contribution >= 4 is 0 Å². The second-order valence-electron chi connectivity index (χ2n) is 6.24. The summed E-state index contributed by atoms with van der Waals surface area (Å²) >= 11 is 0. The van der Waals surface area contributed by atoms with Crippen LogP contribution in [0.2, 0.25) is 0 Å². The third-order valence-corrected chi connectivity index (χ3v) is 4.46. The number of nitrogens with two attached hydrogens (primary N) is 1. The maximum Gasteiger partial charge on any atom is 0.127 e. The van der Waals surface area contributed by atoms with E-state index in [1.807, 2.05) is 47.5 Å². The molecule has 1 aliphatic heterocycles. The van der Waals surface area contributed by atoms with Gasteiger partial charge in [0.05, 0.1) is 0 Å². The SMILES string of the molecule is CN(Cc1ccc(Oc2ccccc2)cc1)C1CCN(N)CC1. The number of hydrogen-bond acceptors (Lipinski definition) is 4. The molecular formula is C19H25N3O. The third kappa shape index (κ3) is 4.55. The quantitative estimate of drug-likeness (QED) is 0.861. The Morgan fingerprint density at radius 2 is 1.61 bits per heavy atom. The fourth-order valence-electron chi connectivity index (χ4n) is 3.03. The van der Waals surface area contributed by atoms with E-state index in [2.05, 4.69) is 24.1 Å². The molecule has 2 N–H and O–H groups in total. The molecule has 0 atom stereocenters. The Morgan fingerprint density at radius 3 is 2.26 bits per heavy atom. The maximum atomic E-state index is 5.83. The molecule has 2 aromatic rings. The number of rotatable bonds is 5. The van der Waals surface area contributed by atoms with Crippen LogP contribution in [0.1, 0.15) is 18.4 Å². The average molecular weight is 311 g/mol. The molecule has 1 heterocycles. The molecule has 0 saturated carbocycles. The summed E-state index contributed by atoms with van der Waals surface area (Å²) in [6, 6.07) is 18.9. The highest BCUT2D eigenvalue weighted by Gasteiger charge is 2.20. The largest absolute Gasteiger partial charge is 0.457 e. The molecular weight excluding hydrogens is 286 g/mol. The number of nitrogens with zero attached hydrogens (tertiary/aromatic N) is 2. The van der Waals surface area contributed by atoms with Crippen LogP contribution < -0.4 is 10.6 Å². The Hall–Kier alpha value is -1.88. The van der Waals surface area contributed by atoms with Gasteiger partial charge in [0.2, 0.25) is 0 Å². The van der Waals surface area contributed by atoms with Gasteiger partial charge in [-0.05, 0) is 49.7 Å². The minimum absolute atomic E-state index is 0.620. The van der Waals surface area contributed by atoms with Crippen molar-refractivity contribution in [1.82, 2.24) is 9.91 Å². The Bertz CT molecular complexity index is 592. The molecule has 2 aromatic carbocycles. The summed E-state index contributed by atoms with van der Waals surface area (Å²) in [6.07, 6.45) is 2.28. The van der Waals surface area contributed by atoms with Crippen molar-refractivity contribution in [3.05, 3.63) is 60.2 Å². The van der Waals surface area contributed by atoms with Crippen LogP contribution in [0.25, 0.3) is 0 Å². The summed E-state index contributed by atoms with van der Waals surface area (Å²) in [5, 5.41) is 1.92. The standard InChI is InChI=1S/C19H25N3O/c1-21(17-11-13-22(20)14-12-17)15-16-7-9-19(10-8-16)23-18-5-3-2-4-6-18/h2-10,17H,11-15,20H2,1H3. The molecule has 0 unspecified atom stereocenters. The Balaban J connectivity index is 1.55. The molecule has 4 heteroatoms. The van der Waals surface area contributed by atoms with E-state index in [9.17, 15) is 0 Å². The van der Waals surface area contributed by atoms with Gasteiger partial charge in [0, 0.05) is 25.7 Å². The first-order valence-electron chi connectivity index (χ1n) is 8.22. The molecule has 1 fully saturated rings. The predicted octanol–water partition coefficient (Wildman–Crippen LogP) is 3.25. The van der Waals surface area contributed by atoms with Gasteiger partial charge in [-0.15, -0.1) is 0 Å². The fourth-order valence-corrected chi connectivity index (χ4v) is 3.03.